The van der Waals surface area contributed by atoms with Gasteiger partial charge in [-0.2, -0.15) is 0 Å². The fourth-order valence-electron chi connectivity index (χ4n) is 5.15. The predicted molar refractivity (Wildman–Crippen MR) is 130 cm³/mol. The molecule has 176 valence electrons. The van der Waals surface area contributed by atoms with Gasteiger partial charge in [0.05, 0.1) is 6.04 Å². The fourth-order valence-corrected chi connectivity index (χ4v) is 5.15. The molecule has 2 amide bonds. The lowest BCUT2D eigenvalue weighted by Gasteiger charge is -2.30. The first-order valence-electron chi connectivity index (χ1n) is 12.1. The minimum atomic E-state index is -0.505. The molecule has 4 atom stereocenters. The van der Waals surface area contributed by atoms with Crippen LogP contribution >= 0.6 is 0 Å². The first-order valence-corrected chi connectivity index (χ1v) is 12.1. The van der Waals surface area contributed by atoms with Gasteiger partial charge in [-0.1, -0.05) is 60.2 Å². The van der Waals surface area contributed by atoms with Crippen LogP contribution in [0.4, 0.5) is 0 Å². The Kier molecular flexibility index (Phi) is 7.46. The Bertz CT molecular complexity index is 946. The number of nitrogens with one attached hydrogen (secondary N) is 1. The second-order valence-corrected chi connectivity index (χ2v) is 9.59. The van der Waals surface area contributed by atoms with Gasteiger partial charge >= 0.3 is 0 Å². The Labute approximate surface area is 197 Å². The molecular weight excluding hydrogens is 412 g/mol. The van der Waals surface area contributed by atoms with Gasteiger partial charge in [-0.15, -0.1) is 0 Å². The quantitative estimate of drug-likeness (QED) is 0.683. The number of carbonyl (C=O) groups is 2. The van der Waals surface area contributed by atoms with Crippen LogP contribution < -0.4 is 11.1 Å². The van der Waals surface area contributed by atoms with Gasteiger partial charge in [-0.25, -0.2) is 0 Å². The van der Waals surface area contributed by atoms with Crippen molar-refractivity contribution in [1.82, 2.24) is 15.1 Å². The van der Waals surface area contributed by atoms with Crippen LogP contribution in [0.5, 0.6) is 0 Å². The summed E-state index contributed by atoms with van der Waals surface area (Å²) in [6.07, 6.45) is 3.49. The molecule has 2 aromatic carbocycles. The van der Waals surface area contributed by atoms with Crippen molar-refractivity contribution >= 4 is 11.8 Å². The largest absolute Gasteiger partial charge is 0.350 e. The van der Waals surface area contributed by atoms with Crippen LogP contribution in [0, 0.1) is 6.92 Å². The van der Waals surface area contributed by atoms with E-state index < -0.39 is 6.04 Å². The number of amides is 2. The summed E-state index contributed by atoms with van der Waals surface area (Å²) in [5.74, 6) is -0.0661. The van der Waals surface area contributed by atoms with Crippen molar-refractivity contribution in [3.05, 3.63) is 71.3 Å². The summed E-state index contributed by atoms with van der Waals surface area (Å²) < 4.78 is 0. The lowest BCUT2D eigenvalue weighted by molar-refractivity contribution is -0.142. The second-order valence-electron chi connectivity index (χ2n) is 9.59. The van der Waals surface area contributed by atoms with Gasteiger partial charge in [0.15, 0.2) is 0 Å². The van der Waals surface area contributed by atoms with Crippen LogP contribution in [-0.4, -0.2) is 58.9 Å². The van der Waals surface area contributed by atoms with Crippen LogP contribution in [0.3, 0.4) is 0 Å². The van der Waals surface area contributed by atoms with E-state index in [1.165, 1.54) is 11.1 Å². The van der Waals surface area contributed by atoms with Crippen molar-refractivity contribution in [2.24, 2.45) is 5.73 Å². The summed E-state index contributed by atoms with van der Waals surface area (Å²) in [7, 11) is 0. The fraction of sp³-hybridized carbons (Fsp3) is 0.481. The number of carbonyl (C=O) groups excluding carboxylic acids is 2. The van der Waals surface area contributed by atoms with Gasteiger partial charge in [-0.05, 0) is 50.7 Å². The predicted octanol–water partition coefficient (Wildman–Crippen LogP) is 2.64. The molecule has 3 N–H and O–H groups in total. The van der Waals surface area contributed by atoms with E-state index in [0.717, 1.165) is 31.4 Å². The van der Waals surface area contributed by atoms with Crippen LogP contribution in [0.1, 0.15) is 42.9 Å². The van der Waals surface area contributed by atoms with Gasteiger partial charge < -0.3 is 16.0 Å². The molecule has 2 aliphatic rings. The average Bonchev–Trinajstić information content (AvgIpc) is 3.16. The maximum absolute atomic E-state index is 13.5. The molecule has 0 radical (unpaired) electrons. The van der Waals surface area contributed by atoms with E-state index in [1.54, 1.807) is 4.90 Å². The lowest BCUT2D eigenvalue weighted by Crippen LogP contribution is -2.52. The number of benzene rings is 2. The highest BCUT2D eigenvalue weighted by molar-refractivity contribution is 5.90. The molecule has 6 nitrogen and oxygen atoms in total. The van der Waals surface area contributed by atoms with Crippen LogP contribution in [-0.2, 0) is 22.6 Å². The lowest BCUT2D eigenvalue weighted by atomic mass is 10.0. The summed E-state index contributed by atoms with van der Waals surface area (Å²) in [4.78, 5) is 30.5. The Hall–Kier alpha value is -2.70. The van der Waals surface area contributed by atoms with E-state index in [9.17, 15) is 9.59 Å². The number of nitrogens with two attached hydrogens (primary N) is 1. The maximum atomic E-state index is 13.5. The molecule has 0 saturated carbocycles. The zero-order valence-corrected chi connectivity index (χ0v) is 19.7. The molecule has 2 fully saturated rings. The van der Waals surface area contributed by atoms with E-state index in [0.29, 0.717) is 25.6 Å². The molecule has 0 aliphatic carbocycles. The molecule has 6 heteroatoms. The zero-order valence-electron chi connectivity index (χ0n) is 19.7. The first kappa shape index (κ1) is 23.5. The highest BCUT2D eigenvalue weighted by Gasteiger charge is 2.44. The molecule has 1 unspecified atom stereocenters. The molecule has 2 aromatic rings. The van der Waals surface area contributed by atoms with Gasteiger partial charge in [0, 0.05) is 31.7 Å². The maximum Gasteiger partial charge on any atom is 0.242 e. The van der Waals surface area contributed by atoms with Crippen molar-refractivity contribution < 1.29 is 9.59 Å². The SMILES string of the molecule is Cc1ccc(CNC(=O)[C@@H](C)N2CCC(CCc3ccccc3)N3C[C@H](N)C[C@H]3C2=O)cc1. The molecule has 4 rings (SSSR count). The molecule has 0 bridgehead atoms. The second kappa shape index (κ2) is 10.5. The van der Waals surface area contributed by atoms with E-state index in [2.05, 4.69) is 34.5 Å². The summed E-state index contributed by atoms with van der Waals surface area (Å²) in [6, 6.07) is 18.2. The topological polar surface area (TPSA) is 78.7 Å². The molecule has 0 aromatic heterocycles. The molecule has 2 heterocycles. The molecule has 33 heavy (non-hydrogen) atoms. The third kappa shape index (κ3) is 5.63. The molecule has 2 aliphatic heterocycles. The standard InChI is InChI=1S/C27H36N4O2/c1-19-8-10-22(11-9-19)17-29-26(32)20(2)30-15-14-24(13-12-21-6-4-3-5-7-21)31-18-23(28)16-25(31)27(30)33/h3-11,20,23-25H,12-18,28H2,1-2H3,(H,29,32)/t20-,23-,24?,25+/m1/s1. The van der Waals surface area contributed by atoms with Gasteiger partial charge in [0.2, 0.25) is 11.8 Å². The Morgan fingerprint density at radius 1 is 1.12 bits per heavy atom. The number of hydrogen-bond donors (Lipinski definition) is 2. The Balaban J connectivity index is 1.41. The van der Waals surface area contributed by atoms with Gasteiger partial charge in [0.25, 0.3) is 0 Å². The minimum absolute atomic E-state index is 0.00351. The normalized spacial score (nSPS) is 24.3. The van der Waals surface area contributed by atoms with Gasteiger partial charge in [0.1, 0.15) is 6.04 Å². The molecule has 2 saturated heterocycles. The van der Waals surface area contributed by atoms with Crippen molar-refractivity contribution in [3.63, 3.8) is 0 Å². The number of fused-ring (bicyclic) bond motifs is 1. The average molecular weight is 449 g/mol. The van der Waals surface area contributed by atoms with Crippen LogP contribution in [0.15, 0.2) is 54.6 Å². The summed E-state index contributed by atoms with van der Waals surface area (Å²) >= 11 is 0. The number of aryl methyl sites for hydroxylation is 2. The van der Waals surface area contributed by atoms with Crippen molar-refractivity contribution in [1.29, 1.82) is 0 Å². The highest BCUT2D eigenvalue weighted by Crippen LogP contribution is 2.29. The number of nitrogens with zero attached hydrogens (tertiary/aromatic N) is 2. The van der Waals surface area contributed by atoms with E-state index in [-0.39, 0.29) is 23.9 Å². The smallest absolute Gasteiger partial charge is 0.242 e. The summed E-state index contributed by atoms with van der Waals surface area (Å²) in [5.41, 5.74) is 9.85. The number of hydrogen-bond acceptors (Lipinski definition) is 4. The third-order valence-electron chi connectivity index (χ3n) is 7.16. The molecule has 0 spiro atoms. The van der Waals surface area contributed by atoms with Crippen molar-refractivity contribution in [2.75, 3.05) is 13.1 Å². The van der Waals surface area contributed by atoms with Crippen molar-refractivity contribution in [2.45, 2.75) is 70.2 Å². The Morgan fingerprint density at radius 3 is 2.58 bits per heavy atom. The highest BCUT2D eigenvalue weighted by atomic mass is 16.2. The van der Waals surface area contributed by atoms with Gasteiger partial charge in [-0.3, -0.25) is 14.5 Å². The van der Waals surface area contributed by atoms with Crippen LogP contribution in [0.25, 0.3) is 0 Å². The monoisotopic (exact) mass is 448 g/mol. The van der Waals surface area contributed by atoms with Crippen LogP contribution in [0.2, 0.25) is 0 Å². The summed E-state index contributed by atoms with van der Waals surface area (Å²) in [6.45, 7) is 5.69. The molecular formula is C27H36N4O2. The third-order valence-corrected chi connectivity index (χ3v) is 7.16. The Morgan fingerprint density at radius 2 is 1.85 bits per heavy atom. The van der Waals surface area contributed by atoms with Crippen molar-refractivity contribution in [3.8, 4) is 0 Å². The zero-order chi connectivity index (χ0) is 23.4. The minimum Gasteiger partial charge on any atom is -0.350 e. The van der Waals surface area contributed by atoms with E-state index >= 15 is 0 Å². The van der Waals surface area contributed by atoms with E-state index in [1.807, 2.05) is 44.2 Å². The van der Waals surface area contributed by atoms with E-state index in [4.69, 9.17) is 5.73 Å². The summed E-state index contributed by atoms with van der Waals surface area (Å²) in [5, 5.41) is 3.01. The number of rotatable bonds is 7. The first-order chi connectivity index (χ1) is 15.9.